The van der Waals surface area contributed by atoms with E-state index in [9.17, 15) is 4.79 Å². The van der Waals surface area contributed by atoms with E-state index in [0.717, 1.165) is 56.8 Å². The first-order valence-electron chi connectivity index (χ1n) is 12.2. The fourth-order valence-corrected chi connectivity index (χ4v) is 4.87. The van der Waals surface area contributed by atoms with Crippen LogP contribution in [0, 0.1) is 0 Å². The number of nitrogens with zero attached hydrogens (tertiary/aromatic N) is 3. The van der Waals surface area contributed by atoms with Gasteiger partial charge >= 0.3 is 0 Å². The Bertz CT molecular complexity index is 1080. The van der Waals surface area contributed by atoms with Gasteiger partial charge in [0, 0.05) is 56.2 Å². The second-order valence-corrected chi connectivity index (χ2v) is 9.04. The molecule has 0 aliphatic carbocycles. The zero-order valence-corrected chi connectivity index (χ0v) is 19.5. The predicted octanol–water partition coefficient (Wildman–Crippen LogP) is 3.92. The van der Waals surface area contributed by atoms with Crippen LogP contribution in [0.25, 0.3) is 0 Å². The van der Waals surface area contributed by atoms with Crippen LogP contribution in [0.4, 0.5) is 5.69 Å². The summed E-state index contributed by atoms with van der Waals surface area (Å²) in [6, 6.07) is 20.9. The van der Waals surface area contributed by atoms with Gasteiger partial charge in [-0.3, -0.25) is 9.78 Å². The molecule has 1 fully saturated rings. The first-order chi connectivity index (χ1) is 16.8. The van der Waals surface area contributed by atoms with Gasteiger partial charge in [-0.15, -0.1) is 0 Å². The summed E-state index contributed by atoms with van der Waals surface area (Å²) in [5.41, 5.74) is 4.59. The lowest BCUT2D eigenvalue weighted by Crippen LogP contribution is -2.43. The molecule has 0 radical (unpaired) electrons. The van der Waals surface area contributed by atoms with E-state index < -0.39 is 0 Å². The normalized spacial score (nSPS) is 16.2. The lowest BCUT2D eigenvalue weighted by Gasteiger charge is -2.34. The van der Waals surface area contributed by atoms with Crippen LogP contribution in [0.15, 0.2) is 73.1 Å². The van der Waals surface area contributed by atoms with Crippen molar-refractivity contribution in [2.45, 2.75) is 31.8 Å². The molecular weight excluding hydrogens is 424 g/mol. The molecule has 6 nitrogen and oxygen atoms in total. The van der Waals surface area contributed by atoms with Gasteiger partial charge in [0.2, 0.25) is 0 Å². The maximum Gasteiger partial charge on any atom is 0.254 e. The van der Waals surface area contributed by atoms with Crippen LogP contribution in [0.1, 0.15) is 34.3 Å². The maximum atomic E-state index is 13.0. The van der Waals surface area contributed by atoms with Crippen LogP contribution in [0.3, 0.4) is 0 Å². The van der Waals surface area contributed by atoms with Crippen molar-refractivity contribution >= 4 is 11.6 Å². The minimum atomic E-state index is 0.123. The molecule has 6 heteroatoms. The number of anilines is 1. The van der Waals surface area contributed by atoms with Gasteiger partial charge in [-0.25, -0.2) is 0 Å². The zero-order chi connectivity index (χ0) is 23.2. The van der Waals surface area contributed by atoms with Crippen molar-refractivity contribution < 1.29 is 9.53 Å². The van der Waals surface area contributed by atoms with Gasteiger partial charge in [0.05, 0.1) is 6.20 Å². The first kappa shape index (κ1) is 22.4. The smallest absolute Gasteiger partial charge is 0.254 e. The molecule has 2 aromatic carbocycles. The lowest BCUT2D eigenvalue weighted by molar-refractivity contribution is 0.0734. The Labute approximate surface area is 201 Å². The number of amides is 1. The Morgan fingerprint density at radius 1 is 0.971 bits per heavy atom. The molecule has 1 N–H and O–H groups in total. The molecule has 0 saturated carbocycles. The average Bonchev–Trinajstić information content (AvgIpc) is 2.91. The fourth-order valence-electron chi connectivity index (χ4n) is 4.87. The quantitative estimate of drug-likeness (QED) is 0.546. The van der Waals surface area contributed by atoms with E-state index in [2.05, 4.69) is 51.6 Å². The van der Waals surface area contributed by atoms with Crippen LogP contribution >= 0.6 is 0 Å². The topological polar surface area (TPSA) is 57.7 Å². The van der Waals surface area contributed by atoms with Crippen molar-refractivity contribution in [1.82, 2.24) is 15.2 Å². The molecule has 3 aromatic rings. The second-order valence-electron chi connectivity index (χ2n) is 9.04. The molecule has 0 atom stereocenters. The summed E-state index contributed by atoms with van der Waals surface area (Å²) in [4.78, 5) is 21.5. The van der Waals surface area contributed by atoms with Gasteiger partial charge in [0.15, 0.2) is 0 Å². The molecule has 3 heterocycles. The van der Waals surface area contributed by atoms with E-state index in [1.165, 1.54) is 16.8 Å². The molecule has 1 amide bonds. The Morgan fingerprint density at radius 2 is 1.76 bits per heavy atom. The number of rotatable bonds is 7. The van der Waals surface area contributed by atoms with Gasteiger partial charge in [0.25, 0.3) is 5.91 Å². The van der Waals surface area contributed by atoms with Crippen LogP contribution in [0.2, 0.25) is 0 Å². The summed E-state index contributed by atoms with van der Waals surface area (Å²) in [6.45, 7) is 4.98. The highest BCUT2D eigenvalue weighted by Crippen LogP contribution is 2.23. The lowest BCUT2D eigenvalue weighted by atomic mass is 9.99. The first-order valence-corrected chi connectivity index (χ1v) is 12.2. The molecule has 2 aliphatic rings. The SMILES string of the molecule is O=C(c1ccc(N2CCC(NCCOc3cccnc3)CC2)cc1)N1CCc2ccccc2C1. The highest BCUT2D eigenvalue weighted by Gasteiger charge is 2.22. The Kier molecular flexibility index (Phi) is 7.05. The van der Waals surface area contributed by atoms with Gasteiger partial charge in [-0.1, -0.05) is 24.3 Å². The molecule has 1 saturated heterocycles. The third-order valence-electron chi connectivity index (χ3n) is 6.83. The summed E-state index contributed by atoms with van der Waals surface area (Å²) < 4.78 is 5.71. The monoisotopic (exact) mass is 456 g/mol. The number of aromatic nitrogens is 1. The highest BCUT2D eigenvalue weighted by atomic mass is 16.5. The summed E-state index contributed by atoms with van der Waals surface area (Å²) >= 11 is 0. The fraction of sp³-hybridized carbons (Fsp3) is 0.357. The Hall–Kier alpha value is -3.38. The number of benzene rings is 2. The number of carbonyl (C=O) groups is 1. The van der Waals surface area contributed by atoms with Crippen LogP contribution in [0.5, 0.6) is 5.75 Å². The highest BCUT2D eigenvalue weighted by molar-refractivity contribution is 5.94. The molecule has 0 bridgehead atoms. The molecule has 1 aromatic heterocycles. The number of hydrogen-bond acceptors (Lipinski definition) is 5. The maximum absolute atomic E-state index is 13.0. The minimum Gasteiger partial charge on any atom is -0.491 e. The summed E-state index contributed by atoms with van der Waals surface area (Å²) in [5.74, 6) is 0.934. The molecular formula is C28H32N4O2. The van der Waals surface area contributed by atoms with Gasteiger partial charge in [0.1, 0.15) is 12.4 Å². The van der Waals surface area contributed by atoms with E-state index in [1.807, 2.05) is 29.2 Å². The third-order valence-corrected chi connectivity index (χ3v) is 6.83. The molecule has 5 rings (SSSR count). The van der Waals surface area contributed by atoms with Crippen LogP contribution in [-0.2, 0) is 13.0 Å². The van der Waals surface area contributed by atoms with Crippen molar-refractivity contribution in [3.8, 4) is 5.75 Å². The number of ether oxygens (including phenoxy) is 1. The van der Waals surface area contributed by atoms with Gasteiger partial charge in [-0.05, 0) is 66.8 Å². The largest absolute Gasteiger partial charge is 0.491 e. The van der Waals surface area contributed by atoms with Crippen molar-refractivity contribution in [1.29, 1.82) is 0 Å². The van der Waals surface area contributed by atoms with E-state index in [-0.39, 0.29) is 5.91 Å². The van der Waals surface area contributed by atoms with Crippen molar-refractivity contribution in [2.24, 2.45) is 0 Å². The third kappa shape index (κ3) is 5.39. The number of fused-ring (bicyclic) bond motifs is 1. The molecule has 2 aliphatic heterocycles. The standard InChI is InChI=1S/C28H32N4O2/c33-28(32-16-11-22-4-1-2-5-24(22)21-32)23-7-9-26(10-8-23)31-17-12-25(13-18-31)30-15-19-34-27-6-3-14-29-20-27/h1-10,14,20,25,30H,11-13,15-19,21H2. The number of pyridine rings is 1. The summed E-state index contributed by atoms with van der Waals surface area (Å²) in [5, 5.41) is 3.61. The zero-order valence-electron chi connectivity index (χ0n) is 19.5. The number of piperidine rings is 1. The van der Waals surface area contributed by atoms with Crippen LogP contribution in [-0.4, -0.2) is 54.6 Å². The van der Waals surface area contributed by atoms with E-state index in [1.54, 1.807) is 12.4 Å². The van der Waals surface area contributed by atoms with Gasteiger partial charge < -0.3 is 19.9 Å². The Morgan fingerprint density at radius 3 is 2.53 bits per heavy atom. The molecule has 0 unspecified atom stereocenters. The Balaban J connectivity index is 1.07. The number of carbonyl (C=O) groups excluding carboxylic acids is 1. The van der Waals surface area contributed by atoms with Gasteiger partial charge in [-0.2, -0.15) is 0 Å². The van der Waals surface area contributed by atoms with E-state index in [4.69, 9.17) is 4.74 Å². The van der Waals surface area contributed by atoms with E-state index >= 15 is 0 Å². The molecule has 176 valence electrons. The van der Waals surface area contributed by atoms with Crippen molar-refractivity contribution in [3.63, 3.8) is 0 Å². The summed E-state index contributed by atoms with van der Waals surface area (Å²) in [6.07, 6.45) is 6.61. The minimum absolute atomic E-state index is 0.123. The van der Waals surface area contributed by atoms with Crippen LogP contribution < -0.4 is 15.0 Å². The molecule has 0 spiro atoms. The van der Waals surface area contributed by atoms with Crippen molar-refractivity contribution in [3.05, 3.63) is 89.7 Å². The predicted molar refractivity (Wildman–Crippen MR) is 134 cm³/mol. The number of hydrogen-bond donors (Lipinski definition) is 1. The van der Waals surface area contributed by atoms with Crippen molar-refractivity contribution in [2.75, 3.05) is 37.7 Å². The second kappa shape index (κ2) is 10.7. The average molecular weight is 457 g/mol. The number of nitrogens with one attached hydrogen (secondary N) is 1. The van der Waals surface area contributed by atoms with E-state index in [0.29, 0.717) is 19.2 Å². The summed E-state index contributed by atoms with van der Waals surface area (Å²) in [7, 11) is 0. The molecule has 34 heavy (non-hydrogen) atoms.